The number of nitrogens with zero attached hydrogens (tertiary/aromatic N) is 2. The van der Waals surface area contributed by atoms with Crippen LogP contribution in [0.4, 0.5) is 0 Å². The lowest BCUT2D eigenvalue weighted by Crippen LogP contribution is -2.40. The van der Waals surface area contributed by atoms with E-state index in [0.29, 0.717) is 23.4 Å². The Morgan fingerprint density at radius 2 is 2.10 bits per heavy atom. The van der Waals surface area contributed by atoms with E-state index >= 15 is 0 Å². The van der Waals surface area contributed by atoms with Crippen molar-refractivity contribution in [2.24, 2.45) is 5.41 Å². The van der Waals surface area contributed by atoms with Crippen LogP contribution < -0.4 is 0 Å². The molecule has 1 aliphatic carbocycles. The number of aromatic nitrogens is 1. The number of hydrogen-bond acceptors (Lipinski definition) is 4. The van der Waals surface area contributed by atoms with Crippen LogP contribution in [0.5, 0.6) is 0 Å². The third kappa shape index (κ3) is 1.98. The van der Waals surface area contributed by atoms with E-state index in [1.165, 1.54) is 30.6 Å². The molecule has 0 atom stereocenters. The number of thiazole rings is 1. The van der Waals surface area contributed by atoms with Gasteiger partial charge in [0.1, 0.15) is 0 Å². The van der Waals surface area contributed by atoms with Gasteiger partial charge in [-0.3, -0.25) is 0 Å². The van der Waals surface area contributed by atoms with E-state index in [0.717, 1.165) is 16.6 Å². The first-order valence-electron chi connectivity index (χ1n) is 6.93. The van der Waals surface area contributed by atoms with Crippen LogP contribution in [0.2, 0.25) is 0 Å². The highest BCUT2D eigenvalue weighted by molar-refractivity contribution is 7.89. The molecule has 2 aromatic rings. The van der Waals surface area contributed by atoms with E-state index in [9.17, 15) is 8.42 Å². The van der Waals surface area contributed by atoms with Crippen LogP contribution in [-0.4, -0.2) is 30.8 Å². The van der Waals surface area contributed by atoms with E-state index < -0.39 is 10.0 Å². The van der Waals surface area contributed by atoms with Gasteiger partial charge in [0.25, 0.3) is 0 Å². The van der Waals surface area contributed by atoms with Crippen LogP contribution in [0.3, 0.4) is 0 Å². The lowest BCUT2D eigenvalue weighted by Gasteiger charge is -2.32. The number of hydrogen-bond donors (Lipinski definition) is 0. The smallest absolute Gasteiger partial charge is 0.243 e. The third-order valence-corrected chi connectivity index (χ3v) is 7.16. The molecule has 1 saturated heterocycles. The predicted octanol–water partition coefficient (Wildman–Crippen LogP) is 2.86. The van der Waals surface area contributed by atoms with Crippen molar-refractivity contribution in [2.75, 3.05) is 13.1 Å². The molecule has 106 valence electrons. The standard InChI is InChI=1S/C14H16N2O2S2/c17-20(18,16-7-1-4-14(9-16)5-6-14)11-2-3-12-13(8-11)19-10-15-12/h2-3,8,10H,1,4-7,9H2. The molecule has 1 aliphatic heterocycles. The molecule has 2 fully saturated rings. The Morgan fingerprint density at radius 1 is 1.25 bits per heavy atom. The molecule has 6 heteroatoms. The summed E-state index contributed by atoms with van der Waals surface area (Å²) in [7, 11) is -3.35. The van der Waals surface area contributed by atoms with Crippen molar-refractivity contribution >= 4 is 31.6 Å². The van der Waals surface area contributed by atoms with Crippen LogP contribution >= 0.6 is 11.3 Å². The fraction of sp³-hybridized carbons (Fsp3) is 0.500. The first kappa shape index (κ1) is 12.7. The van der Waals surface area contributed by atoms with Gasteiger partial charge in [0.2, 0.25) is 10.0 Å². The van der Waals surface area contributed by atoms with Crippen molar-refractivity contribution in [3.05, 3.63) is 23.7 Å². The van der Waals surface area contributed by atoms with Crippen LogP contribution in [0, 0.1) is 5.41 Å². The minimum atomic E-state index is -3.35. The second kappa shape index (κ2) is 4.26. The van der Waals surface area contributed by atoms with E-state index in [-0.39, 0.29) is 0 Å². The molecule has 0 N–H and O–H groups in total. The molecular weight excluding hydrogens is 292 g/mol. The zero-order chi connectivity index (χ0) is 13.8. The predicted molar refractivity (Wildman–Crippen MR) is 79.3 cm³/mol. The average Bonchev–Trinajstić information content (AvgIpc) is 3.03. The zero-order valence-electron chi connectivity index (χ0n) is 11.1. The summed E-state index contributed by atoms with van der Waals surface area (Å²) in [5.74, 6) is 0. The van der Waals surface area contributed by atoms with Gasteiger partial charge in [-0.05, 0) is 49.3 Å². The molecule has 2 heterocycles. The normalized spacial score (nSPS) is 22.4. The first-order valence-corrected chi connectivity index (χ1v) is 9.25. The lowest BCUT2D eigenvalue weighted by atomic mass is 9.97. The number of rotatable bonds is 2. The summed E-state index contributed by atoms with van der Waals surface area (Å²) in [6, 6.07) is 5.25. The van der Waals surface area contributed by atoms with Gasteiger partial charge < -0.3 is 0 Å². The van der Waals surface area contributed by atoms with Gasteiger partial charge in [-0.25, -0.2) is 13.4 Å². The molecule has 4 rings (SSSR count). The molecule has 2 aliphatic rings. The fourth-order valence-corrected chi connectivity index (χ4v) is 5.51. The number of benzene rings is 1. The molecule has 0 unspecified atom stereocenters. The zero-order valence-corrected chi connectivity index (χ0v) is 12.7. The molecule has 1 aromatic carbocycles. The maximum Gasteiger partial charge on any atom is 0.243 e. The van der Waals surface area contributed by atoms with Crippen LogP contribution in [-0.2, 0) is 10.0 Å². The summed E-state index contributed by atoms with van der Waals surface area (Å²) in [6.07, 6.45) is 4.55. The number of fused-ring (bicyclic) bond motifs is 1. The molecule has 4 nitrogen and oxygen atoms in total. The van der Waals surface area contributed by atoms with Crippen LogP contribution in [0.15, 0.2) is 28.6 Å². The number of sulfonamides is 1. The highest BCUT2D eigenvalue weighted by Crippen LogP contribution is 2.52. The molecule has 1 saturated carbocycles. The molecule has 0 amide bonds. The highest BCUT2D eigenvalue weighted by atomic mass is 32.2. The van der Waals surface area contributed by atoms with Gasteiger partial charge in [0.15, 0.2) is 0 Å². The summed E-state index contributed by atoms with van der Waals surface area (Å²) in [5, 5.41) is 0. The van der Waals surface area contributed by atoms with Gasteiger partial charge in [-0.2, -0.15) is 4.31 Å². The summed E-state index contributed by atoms with van der Waals surface area (Å²) < 4.78 is 28.2. The van der Waals surface area contributed by atoms with E-state index in [4.69, 9.17) is 0 Å². The van der Waals surface area contributed by atoms with E-state index in [2.05, 4.69) is 4.98 Å². The highest BCUT2D eigenvalue weighted by Gasteiger charge is 2.47. The Labute approximate surface area is 122 Å². The lowest BCUT2D eigenvalue weighted by molar-refractivity contribution is 0.249. The van der Waals surface area contributed by atoms with Crippen LogP contribution in [0.1, 0.15) is 25.7 Å². The van der Waals surface area contributed by atoms with Crippen molar-refractivity contribution < 1.29 is 8.42 Å². The van der Waals surface area contributed by atoms with Crippen molar-refractivity contribution in [3.8, 4) is 0 Å². The Bertz CT molecular complexity index is 762. The fourth-order valence-electron chi connectivity index (χ4n) is 3.10. The molecule has 1 aromatic heterocycles. The van der Waals surface area contributed by atoms with Gasteiger partial charge in [-0.15, -0.1) is 11.3 Å². The topological polar surface area (TPSA) is 50.3 Å². The second-order valence-corrected chi connectivity index (χ2v) is 8.75. The maximum absolute atomic E-state index is 12.8. The Kier molecular flexibility index (Phi) is 2.71. The maximum atomic E-state index is 12.8. The van der Waals surface area contributed by atoms with E-state index in [1.54, 1.807) is 28.0 Å². The summed E-state index contributed by atoms with van der Waals surface area (Å²) in [4.78, 5) is 4.61. The molecular formula is C14H16N2O2S2. The Hall–Kier alpha value is -0.980. The van der Waals surface area contributed by atoms with Gasteiger partial charge >= 0.3 is 0 Å². The minimum Gasteiger partial charge on any atom is -0.245 e. The average molecular weight is 308 g/mol. The van der Waals surface area contributed by atoms with Gasteiger partial charge in [0, 0.05) is 13.1 Å². The largest absolute Gasteiger partial charge is 0.245 e. The molecule has 1 spiro atoms. The number of piperidine rings is 1. The van der Waals surface area contributed by atoms with Crippen molar-refractivity contribution in [1.82, 2.24) is 9.29 Å². The van der Waals surface area contributed by atoms with Crippen molar-refractivity contribution in [1.29, 1.82) is 0 Å². The van der Waals surface area contributed by atoms with Gasteiger partial charge in [-0.1, -0.05) is 0 Å². The summed E-state index contributed by atoms with van der Waals surface area (Å²) >= 11 is 1.48. The monoisotopic (exact) mass is 308 g/mol. The third-order valence-electron chi connectivity index (χ3n) is 4.52. The quantitative estimate of drug-likeness (QED) is 0.857. The molecule has 20 heavy (non-hydrogen) atoms. The second-order valence-electron chi connectivity index (χ2n) is 5.92. The van der Waals surface area contributed by atoms with Crippen molar-refractivity contribution in [2.45, 2.75) is 30.6 Å². The van der Waals surface area contributed by atoms with Gasteiger partial charge in [0.05, 0.1) is 20.6 Å². The Balaban J connectivity index is 1.71. The minimum absolute atomic E-state index is 0.305. The van der Waals surface area contributed by atoms with E-state index in [1.807, 2.05) is 0 Å². The Morgan fingerprint density at radius 3 is 2.90 bits per heavy atom. The SMILES string of the molecule is O=S(=O)(c1ccc2ncsc2c1)N1CCCC2(CC2)C1. The van der Waals surface area contributed by atoms with Crippen molar-refractivity contribution in [3.63, 3.8) is 0 Å². The summed E-state index contributed by atoms with van der Waals surface area (Å²) in [5.41, 5.74) is 2.92. The summed E-state index contributed by atoms with van der Waals surface area (Å²) in [6.45, 7) is 1.36. The van der Waals surface area contributed by atoms with Crippen LogP contribution in [0.25, 0.3) is 10.2 Å². The first-order chi connectivity index (χ1) is 9.59. The molecule has 0 radical (unpaired) electrons. The molecule has 0 bridgehead atoms.